The molecule has 1 amide bonds. The largest absolute Gasteiger partial charge is 0.346 e. The lowest BCUT2D eigenvalue weighted by molar-refractivity contribution is -0.127. The van der Waals surface area contributed by atoms with Crippen LogP contribution in [0.2, 0.25) is 0 Å². The second-order valence-electron chi connectivity index (χ2n) is 2.11. The lowest BCUT2D eigenvalue weighted by Gasteiger charge is -2.09. The van der Waals surface area contributed by atoms with Gasteiger partial charge in [0, 0.05) is 26.9 Å². The fourth-order valence-corrected chi connectivity index (χ4v) is 0.223. The summed E-state index contributed by atoms with van der Waals surface area (Å²) in [5, 5.41) is 0. The molecular formula is C8H17NO2. The van der Waals surface area contributed by atoms with E-state index in [1.165, 1.54) is 0 Å². The van der Waals surface area contributed by atoms with Crippen LogP contribution in [-0.2, 0) is 9.59 Å². The first-order chi connectivity index (χ1) is 5.09. The molecule has 0 aromatic carbocycles. The Kier molecular flexibility index (Phi) is 10.6. The maximum Gasteiger partial charge on any atom is 0.219 e. The van der Waals surface area contributed by atoms with E-state index in [1.54, 1.807) is 18.9 Å². The normalized spacial score (nSPS) is 7.64. The van der Waals surface area contributed by atoms with Gasteiger partial charge in [0.2, 0.25) is 5.91 Å². The zero-order valence-electron chi connectivity index (χ0n) is 7.76. The van der Waals surface area contributed by atoms with E-state index in [9.17, 15) is 9.59 Å². The van der Waals surface area contributed by atoms with Gasteiger partial charge in [0.1, 0.15) is 6.29 Å². The quantitative estimate of drug-likeness (QED) is 0.565. The average molecular weight is 159 g/mol. The fourth-order valence-electron chi connectivity index (χ4n) is 0.223. The van der Waals surface area contributed by atoms with Crippen molar-refractivity contribution in [1.82, 2.24) is 4.90 Å². The number of carbonyl (C=O) groups is 2. The molecule has 0 saturated heterocycles. The molecule has 3 nitrogen and oxygen atoms in total. The Hall–Kier alpha value is -0.860. The van der Waals surface area contributed by atoms with Crippen molar-refractivity contribution in [2.45, 2.75) is 27.2 Å². The molecule has 0 spiro atoms. The molecule has 0 saturated carbocycles. The zero-order chi connectivity index (χ0) is 9.28. The van der Waals surface area contributed by atoms with E-state index in [0.29, 0.717) is 6.42 Å². The Morgan fingerprint density at radius 3 is 1.82 bits per heavy atom. The van der Waals surface area contributed by atoms with Gasteiger partial charge < -0.3 is 9.69 Å². The summed E-state index contributed by atoms with van der Waals surface area (Å²) in [4.78, 5) is 21.1. The van der Waals surface area contributed by atoms with Crippen molar-refractivity contribution < 1.29 is 9.59 Å². The number of hydrogen-bond acceptors (Lipinski definition) is 2. The zero-order valence-corrected chi connectivity index (χ0v) is 7.76. The minimum absolute atomic E-state index is 0.127. The molecule has 0 aromatic heterocycles. The van der Waals surface area contributed by atoms with Crippen LogP contribution >= 0.6 is 0 Å². The molecule has 0 aliphatic carbocycles. The summed E-state index contributed by atoms with van der Waals surface area (Å²) in [6.45, 7) is 6.12. The molecule has 0 unspecified atom stereocenters. The van der Waals surface area contributed by atoms with Crippen LogP contribution in [0.1, 0.15) is 27.2 Å². The van der Waals surface area contributed by atoms with Crippen LogP contribution in [0.25, 0.3) is 0 Å². The van der Waals surface area contributed by atoms with Gasteiger partial charge in [-0.3, -0.25) is 4.79 Å². The van der Waals surface area contributed by atoms with Crippen LogP contribution in [0, 0.1) is 0 Å². The topological polar surface area (TPSA) is 37.4 Å². The average Bonchev–Trinajstić information content (AvgIpc) is 2.03. The van der Waals surface area contributed by atoms with Gasteiger partial charge >= 0.3 is 0 Å². The summed E-state index contributed by atoms with van der Waals surface area (Å²) in [7, 11) is 1.78. The predicted octanol–water partition coefficient (Wildman–Crippen LogP) is 1.08. The third-order valence-electron chi connectivity index (χ3n) is 1.18. The summed E-state index contributed by atoms with van der Waals surface area (Å²) in [5.74, 6) is 0.127. The van der Waals surface area contributed by atoms with Gasteiger partial charge in [-0.1, -0.05) is 6.92 Å². The fraction of sp³-hybridized carbons (Fsp3) is 0.750. The summed E-state index contributed by atoms with van der Waals surface area (Å²) in [6.07, 6.45) is 1.51. The molecule has 0 atom stereocenters. The highest BCUT2D eigenvalue weighted by Crippen LogP contribution is 1.78. The van der Waals surface area contributed by atoms with Crippen molar-refractivity contribution in [2.24, 2.45) is 0 Å². The van der Waals surface area contributed by atoms with Crippen molar-refractivity contribution in [3.63, 3.8) is 0 Å². The highest BCUT2D eigenvalue weighted by Gasteiger charge is 1.93. The van der Waals surface area contributed by atoms with Gasteiger partial charge in [-0.2, -0.15) is 0 Å². The van der Waals surface area contributed by atoms with Crippen LogP contribution in [0.5, 0.6) is 0 Å². The van der Waals surface area contributed by atoms with Crippen molar-refractivity contribution in [1.29, 1.82) is 0 Å². The van der Waals surface area contributed by atoms with E-state index in [4.69, 9.17) is 0 Å². The van der Waals surface area contributed by atoms with Crippen molar-refractivity contribution >= 4 is 12.2 Å². The number of carbonyl (C=O) groups excluding carboxylic acids is 2. The molecule has 0 bridgehead atoms. The molecule has 0 aliphatic heterocycles. The van der Waals surface area contributed by atoms with Gasteiger partial charge in [-0.15, -0.1) is 0 Å². The molecule has 66 valence electrons. The van der Waals surface area contributed by atoms with Crippen LogP contribution < -0.4 is 0 Å². The number of rotatable bonds is 2. The molecule has 0 radical (unpaired) electrons. The second-order valence-corrected chi connectivity index (χ2v) is 2.11. The number of amides is 1. The van der Waals surface area contributed by atoms with Gasteiger partial charge in [0.25, 0.3) is 0 Å². The van der Waals surface area contributed by atoms with Gasteiger partial charge in [0.05, 0.1) is 0 Å². The van der Waals surface area contributed by atoms with Gasteiger partial charge in [0.15, 0.2) is 0 Å². The maximum absolute atomic E-state index is 10.3. The van der Waals surface area contributed by atoms with Crippen LogP contribution in [0.4, 0.5) is 0 Å². The summed E-state index contributed by atoms with van der Waals surface area (Å²) in [6, 6.07) is 0. The molecular weight excluding hydrogens is 142 g/mol. The van der Waals surface area contributed by atoms with Crippen molar-refractivity contribution in [2.75, 3.05) is 13.6 Å². The van der Waals surface area contributed by atoms with E-state index in [-0.39, 0.29) is 5.91 Å². The summed E-state index contributed by atoms with van der Waals surface area (Å²) in [5.41, 5.74) is 0. The Bertz CT molecular complexity index is 113. The molecule has 0 fully saturated rings. The van der Waals surface area contributed by atoms with E-state index < -0.39 is 0 Å². The highest BCUT2D eigenvalue weighted by atomic mass is 16.2. The van der Waals surface area contributed by atoms with Crippen molar-refractivity contribution in [3.05, 3.63) is 0 Å². The number of nitrogens with zero attached hydrogens (tertiary/aromatic N) is 1. The number of aldehydes is 1. The Labute approximate surface area is 68.4 Å². The minimum atomic E-state index is 0.127. The lowest BCUT2D eigenvalue weighted by atomic mass is 10.6. The van der Waals surface area contributed by atoms with Crippen molar-refractivity contribution in [3.8, 4) is 0 Å². The smallest absolute Gasteiger partial charge is 0.219 e. The van der Waals surface area contributed by atoms with Crippen LogP contribution in [-0.4, -0.2) is 30.7 Å². The molecule has 3 heteroatoms. The molecule has 0 N–H and O–H groups in total. The third-order valence-corrected chi connectivity index (χ3v) is 1.18. The molecule has 0 heterocycles. The summed E-state index contributed by atoms with van der Waals surface area (Å²) < 4.78 is 0. The SMILES string of the molecule is CCC=O.CCN(C)C(C)=O. The molecule has 0 rings (SSSR count). The molecule has 0 aromatic rings. The van der Waals surface area contributed by atoms with Gasteiger partial charge in [-0.05, 0) is 6.92 Å². The Balaban J connectivity index is 0. The monoisotopic (exact) mass is 159 g/mol. The van der Waals surface area contributed by atoms with E-state index in [0.717, 1.165) is 12.8 Å². The third kappa shape index (κ3) is 12.4. The van der Waals surface area contributed by atoms with Gasteiger partial charge in [-0.25, -0.2) is 0 Å². The van der Waals surface area contributed by atoms with Crippen LogP contribution in [0.15, 0.2) is 0 Å². The lowest BCUT2D eigenvalue weighted by Crippen LogP contribution is -2.22. The second kappa shape index (κ2) is 9.14. The standard InChI is InChI=1S/C5H11NO.C3H6O/c1-4-6(3)5(2)7;1-2-3-4/h4H2,1-3H3;3H,2H2,1H3. The van der Waals surface area contributed by atoms with E-state index >= 15 is 0 Å². The molecule has 11 heavy (non-hydrogen) atoms. The summed E-state index contributed by atoms with van der Waals surface area (Å²) >= 11 is 0. The van der Waals surface area contributed by atoms with E-state index in [1.807, 2.05) is 13.8 Å². The minimum Gasteiger partial charge on any atom is -0.346 e. The first-order valence-corrected chi connectivity index (χ1v) is 3.75. The predicted molar refractivity (Wildman–Crippen MR) is 45.3 cm³/mol. The maximum atomic E-state index is 10.3. The van der Waals surface area contributed by atoms with Crippen LogP contribution in [0.3, 0.4) is 0 Å². The Morgan fingerprint density at radius 2 is 1.82 bits per heavy atom. The molecule has 0 aliphatic rings. The first kappa shape index (κ1) is 12.8. The first-order valence-electron chi connectivity index (χ1n) is 3.75. The Morgan fingerprint density at radius 1 is 1.45 bits per heavy atom. The van der Waals surface area contributed by atoms with E-state index in [2.05, 4.69) is 0 Å². The number of hydrogen-bond donors (Lipinski definition) is 0. The highest BCUT2D eigenvalue weighted by molar-refractivity contribution is 5.72.